The molecule has 0 aromatic heterocycles. The first kappa shape index (κ1) is 27.0. The van der Waals surface area contributed by atoms with E-state index in [2.05, 4.69) is 0 Å². The molecule has 0 aliphatic carbocycles. The number of rotatable bonds is 8. The zero-order valence-corrected chi connectivity index (χ0v) is 18.1. The van der Waals surface area contributed by atoms with Crippen molar-refractivity contribution in [2.75, 3.05) is 13.2 Å². The molecular weight excluding hydrogens is 458 g/mol. The summed E-state index contributed by atoms with van der Waals surface area (Å²) in [6, 6.07) is 7.27. The van der Waals surface area contributed by atoms with Crippen molar-refractivity contribution in [3.63, 3.8) is 0 Å². The van der Waals surface area contributed by atoms with Gasteiger partial charge in [0.2, 0.25) is 5.78 Å². The molecule has 1 aromatic carbocycles. The fourth-order valence-corrected chi connectivity index (χ4v) is 4.07. The van der Waals surface area contributed by atoms with Crippen molar-refractivity contribution in [1.82, 2.24) is 0 Å². The number of carbonyl (C=O) groups is 1. The van der Waals surface area contributed by atoms with Gasteiger partial charge in [-0.1, -0.05) is 30.3 Å². The van der Waals surface area contributed by atoms with Crippen LogP contribution < -0.4 is 5.73 Å². The summed E-state index contributed by atoms with van der Waals surface area (Å²) in [6.07, 6.45) is -16.0. The number of hydrogen-bond acceptors (Lipinski definition) is 13. The van der Waals surface area contributed by atoms with Gasteiger partial charge in [0.15, 0.2) is 6.29 Å². The third kappa shape index (κ3) is 5.16. The fraction of sp³-hybridized carbons (Fsp3) is 0.667. The minimum atomic E-state index is -2.99. The summed E-state index contributed by atoms with van der Waals surface area (Å²) in [4.78, 5) is 12.9. The third-order valence-electron chi connectivity index (χ3n) is 6.07. The van der Waals surface area contributed by atoms with Crippen LogP contribution >= 0.6 is 0 Å². The van der Waals surface area contributed by atoms with Gasteiger partial charge in [0, 0.05) is 0 Å². The lowest BCUT2D eigenvalue weighted by atomic mass is 9.86. The first-order chi connectivity index (χ1) is 16.0. The van der Waals surface area contributed by atoms with Crippen molar-refractivity contribution in [1.29, 1.82) is 0 Å². The molecule has 0 radical (unpaired) electrons. The molecule has 3 rings (SSSR count). The Balaban J connectivity index is 1.76. The molecule has 0 bridgehead atoms. The second kappa shape index (κ2) is 11.0. The lowest BCUT2D eigenvalue weighted by Crippen LogP contribution is -2.71. The van der Waals surface area contributed by atoms with Crippen LogP contribution in [0.1, 0.15) is 5.56 Å². The molecule has 2 heterocycles. The van der Waals surface area contributed by atoms with Crippen LogP contribution in [0.5, 0.6) is 0 Å². The van der Waals surface area contributed by atoms with Gasteiger partial charge in [-0.05, 0) is 12.0 Å². The van der Waals surface area contributed by atoms with Crippen LogP contribution in [0.2, 0.25) is 0 Å². The number of benzene rings is 1. The molecule has 10 N–H and O–H groups in total. The van der Waals surface area contributed by atoms with Gasteiger partial charge in [0.1, 0.15) is 48.8 Å². The maximum Gasteiger partial charge on any atom is 0.258 e. The van der Waals surface area contributed by atoms with Gasteiger partial charge in [-0.2, -0.15) is 0 Å². The average molecular weight is 489 g/mol. The normalized spacial score (nSPS) is 41.7. The summed E-state index contributed by atoms with van der Waals surface area (Å²) in [6.45, 7) is -1.65. The summed E-state index contributed by atoms with van der Waals surface area (Å²) in [5, 5.41) is 81.0. The van der Waals surface area contributed by atoms with Crippen molar-refractivity contribution in [2.45, 2.75) is 73.4 Å². The van der Waals surface area contributed by atoms with Crippen molar-refractivity contribution in [2.24, 2.45) is 5.73 Å². The molecule has 0 amide bonds. The second-order valence-electron chi connectivity index (χ2n) is 8.43. The second-order valence-corrected chi connectivity index (χ2v) is 8.43. The molecule has 192 valence electrons. The number of ether oxygens (including phenoxy) is 3. The highest BCUT2D eigenvalue weighted by molar-refractivity contribution is 5.91. The highest BCUT2D eigenvalue weighted by Gasteiger charge is 2.59. The van der Waals surface area contributed by atoms with E-state index in [4.69, 9.17) is 19.9 Å². The molecule has 2 aliphatic heterocycles. The van der Waals surface area contributed by atoms with Crippen molar-refractivity contribution in [3.8, 4) is 0 Å². The Morgan fingerprint density at radius 3 is 2.18 bits per heavy atom. The molecule has 2 fully saturated rings. The van der Waals surface area contributed by atoms with Crippen LogP contribution in [0.3, 0.4) is 0 Å². The van der Waals surface area contributed by atoms with Gasteiger partial charge < -0.3 is 60.8 Å². The van der Waals surface area contributed by atoms with Gasteiger partial charge >= 0.3 is 0 Å². The van der Waals surface area contributed by atoms with Gasteiger partial charge in [-0.15, -0.1) is 0 Å². The monoisotopic (exact) mass is 489 g/mol. The number of aliphatic hydroxyl groups excluding tert-OH is 7. The average Bonchev–Trinajstić information content (AvgIpc) is 2.84. The van der Waals surface area contributed by atoms with Gasteiger partial charge in [0.25, 0.3) is 5.79 Å². The van der Waals surface area contributed by atoms with Crippen molar-refractivity contribution >= 4 is 5.78 Å². The van der Waals surface area contributed by atoms with Crippen LogP contribution in [-0.4, -0.2) is 127 Å². The predicted octanol–water partition coefficient (Wildman–Crippen LogP) is -4.89. The topological polar surface area (TPSA) is 233 Å². The Hall–Kier alpha value is -1.59. The smallest absolute Gasteiger partial charge is 0.258 e. The maximum absolute atomic E-state index is 12.9. The number of hydrogen-bond donors (Lipinski definition) is 9. The van der Waals surface area contributed by atoms with E-state index in [9.17, 15) is 45.6 Å². The van der Waals surface area contributed by atoms with Crippen LogP contribution in [0.25, 0.3) is 0 Å². The van der Waals surface area contributed by atoms with E-state index in [1.54, 1.807) is 30.3 Å². The fourth-order valence-electron chi connectivity index (χ4n) is 4.07. The summed E-state index contributed by atoms with van der Waals surface area (Å²) < 4.78 is 15.9. The first-order valence-corrected chi connectivity index (χ1v) is 10.7. The Kier molecular flexibility index (Phi) is 8.73. The molecule has 34 heavy (non-hydrogen) atoms. The van der Waals surface area contributed by atoms with E-state index in [1.807, 2.05) is 0 Å². The highest BCUT2D eigenvalue weighted by Crippen LogP contribution is 2.34. The van der Waals surface area contributed by atoms with Crippen molar-refractivity contribution in [3.05, 3.63) is 35.9 Å². The largest absolute Gasteiger partial charge is 0.394 e. The first-order valence-electron chi connectivity index (χ1n) is 10.7. The molecule has 2 aliphatic rings. The number of Topliss-reactive ketones (excluding diaryl/α,β-unsaturated/α-hetero) is 1. The molecule has 1 unspecified atom stereocenters. The molecule has 13 nitrogen and oxygen atoms in total. The summed E-state index contributed by atoms with van der Waals surface area (Å²) >= 11 is 0. The van der Waals surface area contributed by atoms with Crippen LogP contribution in [0, 0.1) is 0 Å². The van der Waals surface area contributed by atoms with Gasteiger partial charge in [0.05, 0.1) is 19.3 Å². The van der Waals surface area contributed by atoms with E-state index in [0.29, 0.717) is 5.56 Å². The zero-order chi connectivity index (χ0) is 25.2. The summed E-state index contributed by atoms with van der Waals surface area (Å²) in [5.41, 5.74) is 6.58. The third-order valence-corrected chi connectivity index (χ3v) is 6.07. The molecular formula is C21H31NO12. The molecule has 13 heteroatoms. The number of ketones is 1. The Labute approximate surface area is 194 Å². The SMILES string of the molecule is N[C@@H](Cc1ccccc1)C(=O)C1(O)O[C@H](CO)[C@@H](O[C@@H]2O[C@H](CO)[C@H](O)[C@H](O)[C@H]2O)[C@H](O)[C@H]1O. The molecule has 0 spiro atoms. The van der Waals surface area contributed by atoms with Crippen molar-refractivity contribution < 1.29 is 59.9 Å². The van der Waals surface area contributed by atoms with E-state index in [1.165, 1.54) is 0 Å². The minimum Gasteiger partial charge on any atom is -0.394 e. The van der Waals surface area contributed by atoms with Gasteiger partial charge in [-0.3, -0.25) is 4.79 Å². The molecule has 1 aromatic rings. The molecule has 11 atom stereocenters. The maximum atomic E-state index is 12.9. The van der Waals surface area contributed by atoms with Crippen LogP contribution in [0.15, 0.2) is 30.3 Å². The summed E-state index contributed by atoms with van der Waals surface area (Å²) in [7, 11) is 0. The number of nitrogens with two attached hydrogens (primary N) is 1. The number of carbonyl (C=O) groups excluding carboxylic acids is 1. The zero-order valence-electron chi connectivity index (χ0n) is 18.1. The molecule has 0 saturated carbocycles. The standard InChI is InChI=1S/C21H31NO12/c22-10(6-9-4-2-1-3-5-9)18(29)21(31)19(30)16(28)17(12(8-24)34-21)33-20-15(27)14(26)13(25)11(7-23)32-20/h1-5,10-17,19-20,23-28,30-31H,6-8,22H2/t10-,11+,12+,13-,14-,15+,16-,17+,19+,20-,21?/m0/s1. The predicted molar refractivity (Wildman–Crippen MR) is 111 cm³/mol. The van der Waals surface area contributed by atoms with Crippen LogP contribution in [0.4, 0.5) is 0 Å². The lowest BCUT2D eigenvalue weighted by molar-refractivity contribution is -0.372. The Bertz CT molecular complexity index is 810. The lowest BCUT2D eigenvalue weighted by Gasteiger charge is -2.48. The van der Waals surface area contributed by atoms with E-state index in [0.717, 1.165) is 0 Å². The molecule has 2 saturated heterocycles. The Morgan fingerprint density at radius 2 is 1.59 bits per heavy atom. The quantitative estimate of drug-likeness (QED) is 0.167. The van der Waals surface area contributed by atoms with E-state index in [-0.39, 0.29) is 6.42 Å². The van der Waals surface area contributed by atoms with E-state index < -0.39 is 85.9 Å². The van der Waals surface area contributed by atoms with Gasteiger partial charge in [-0.25, -0.2) is 0 Å². The Morgan fingerprint density at radius 1 is 0.971 bits per heavy atom. The summed E-state index contributed by atoms with van der Waals surface area (Å²) in [5.74, 6) is -4.14. The van der Waals surface area contributed by atoms with Crippen LogP contribution in [-0.2, 0) is 25.4 Å². The van der Waals surface area contributed by atoms with E-state index >= 15 is 0 Å². The minimum absolute atomic E-state index is 0.0112. The highest BCUT2D eigenvalue weighted by atomic mass is 16.7. The number of aliphatic hydroxyl groups is 8.